The molecule has 3 aromatic rings. The number of sulfonamides is 1. The number of anilines is 1. The molecule has 0 spiro atoms. The lowest BCUT2D eigenvalue weighted by atomic mass is 9.97. The van der Waals surface area contributed by atoms with E-state index in [1.165, 1.54) is 59.7 Å². The molecule has 1 atom stereocenters. The van der Waals surface area contributed by atoms with Crippen LogP contribution in [0.2, 0.25) is 0 Å². The number of carbonyl (C=O) groups excluding carboxylic acids is 2. The average molecular weight is 594 g/mol. The molecule has 0 radical (unpaired) electrons. The van der Waals surface area contributed by atoms with Crippen molar-refractivity contribution in [2.75, 3.05) is 17.9 Å². The first-order chi connectivity index (χ1) is 20.2. The molecule has 3 aromatic carbocycles. The van der Waals surface area contributed by atoms with Gasteiger partial charge in [0.1, 0.15) is 17.6 Å². The molecule has 0 saturated heterocycles. The van der Waals surface area contributed by atoms with Gasteiger partial charge < -0.3 is 15.0 Å². The zero-order valence-electron chi connectivity index (χ0n) is 23.6. The zero-order valence-corrected chi connectivity index (χ0v) is 24.4. The summed E-state index contributed by atoms with van der Waals surface area (Å²) < 4.78 is 46.6. The average Bonchev–Trinajstić information content (AvgIpc) is 3.00. The summed E-state index contributed by atoms with van der Waals surface area (Å²) in [6.45, 7) is 2.11. The van der Waals surface area contributed by atoms with Crippen LogP contribution in [-0.4, -0.2) is 44.3 Å². The van der Waals surface area contributed by atoms with E-state index in [2.05, 4.69) is 16.1 Å². The second-order valence-electron chi connectivity index (χ2n) is 10.2. The summed E-state index contributed by atoms with van der Waals surface area (Å²) in [7, 11) is -3.91. The van der Waals surface area contributed by atoms with Crippen LogP contribution in [0.4, 0.5) is 10.1 Å². The topological polar surface area (TPSA) is 105 Å². The molecule has 0 fully saturated rings. The van der Waals surface area contributed by atoms with E-state index in [0.29, 0.717) is 12.3 Å². The van der Waals surface area contributed by atoms with E-state index in [1.807, 2.05) is 30.3 Å². The van der Waals surface area contributed by atoms with Crippen LogP contribution in [0.25, 0.3) is 0 Å². The van der Waals surface area contributed by atoms with Crippen LogP contribution in [0.3, 0.4) is 0 Å². The second kappa shape index (κ2) is 14.6. The lowest BCUT2D eigenvalue weighted by molar-refractivity contribution is -0.142. The standard InChI is InChI=1S/C32H36FN3O5S/c1-24(32(38)34-21-20-25-8-4-2-5-9-25)36(22-26-10-6-3-7-11-26)31(37)23-41-29-16-18-30(19-17-29)42(39,40)35-28-14-12-27(33)13-15-28/h3,6-8,10-19,24,35H,2,4-5,9,20-23H2,1H3,(H,34,38)/t24-/m1/s1. The third kappa shape index (κ3) is 8.91. The fourth-order valence-corrected chi connectivity index (χ4v) is 5.72. The second-order valence-corrected chi connectivity index (χ2v) is 11.9. The largest absolute Gasteiger partial charge is 0.484 e. The summed E-state index contributed by atoms with van der Waals surface area (Å²) in [6.07, 6.45) is 7.61. The Morgan fingerprint density at radius 1 is 0.976 bits per heavy atom. The smallest absolute Gasteiger partial charge is 0.261 e. The Hall–Kier alpha value is -4.18. The Morgan fingerprint density at radius 3 is 2.36 bits per heavy atom. The minimum absolute atomic E-state index is 0.0227. The van der Waals surface area contributed by atoms with Crippen LogP contribution in [0.1, 0.15) is 44.6 Å². The Labute approximate surface area is 246 Å². The summed E-state index contributed by atoms with van der Waals surface area (Å²) in [4.78, 5) is 27.8. The van der Waals surface area contributed by atoms with Gasteiger partial charge in [0.2, 0.25) is 5.91 Å². The molecule has 8 nitrogen and oxygen atoms in total. The van der Waals surface area contributed by atoms with Crippen LogP contribution in [0.5, 0.6) is 5.75 Å². The Morgan fingerprint density at radius 2 is 1.69 bits per heavy atom. The third-order valence-electron chi connectivity index (χ3n) is 7.09. The van der Waals surface area contributed by atoms with Crippen molar-refractivity contribution in [2.45, 2.75) is 56.5 Å². The number of benzene rings is 3. The fourth-order valence-electron chi connectivity index (χ4n) is 4.66. The van der Waals surface area contributed by atoms with Crippen LogP contribution in [0.15, 0.2) is 95.4 Å². The maximum Gasteiger partial charge on any atom is 0.261 e. The lowest BCUT2D eigenvalue weighted by Crippen LogP contribution is -2.49. The maximum atomic E-state index is 13.3. The van der Waals surface area contributed by atoms with Gasteiger partial charge in [0.15, 0.2) is 6.61 Å². The van der Waals surface area contributed by atoms with Crippen molar-refractivity contribution < 1.29 is 27.1 Å². The molecule has 0 aliphatic heterocycles. The Balaban J connectivity index is 1.36. The van der Waals surface area contributed by atoms with E-state index >= 15 is 0 Å². The van der Waals surface area contributed by atoms with Gasteiger partial charge in [-0.1, -0.05) is 42.0 Å². The van der Waals surface area contributed by atoms with Gasteiger partial charge in [-0.25, -0.2) is 12.8 Å². The van der Waals surface area contributed by atoms with E-state index < -0.39 is 21.9 Å². The molecule has 2 N–H and O–H groups in total. The van der Waals surface area contributed by atoms with Gasteiger partial charge in [-0.2, -0.15) is 0 Å². The summed E-state index contributed by atoms with van der Waals surface area (Å²) >= 11 is 0. The highest BCUT2D eigenvalue weighted by Crippen LogP contribution is 2.21. The predicted molar refractivity (Wildman–Crippen MR) is 160 cm³/mol. The summed E-state index contributed by atoms with van der Waals surface area (Å²) in [5, 5.41) is 2.97. The maximum absolute atomic E-state index is 13.3. The van der Waals surface area contributed by atoms with Crippen molar-refractivity contribution in [2.24, 2.45) is 0 Å². The van der Waals surface area contributed by atoms with E-state index in [9.17, 15) is 22.4 Å². The minimum atomic E-state index is -3.91. The molecule has 222 valence electrons. The molecule has 0 aromatic heterocycles. The van der Waals surface area contributed by atoms with Gasteiger partial charge in [-0.05, 0) is 93.1 Å². The molecule has 42 heavy (non-hydrogen) atoms. The van der Waals surface area contributed by atoms with E-state index in [-0.39, 0.29) is 35.5 Å². The lowest BCUT2D eigenvalue weighted by Gasteiger charge is -2.29. The molecule has 1 aliphatic carbocycles. The first kappa shape index (κ1) is 30.8. The van der Waals surface area contributed by atoms with Gasteiger partial charge in [0.25, 0.3) is 15.9 Å². The highest BCUT2D eigenvalue weighted by atomic mass is 32.2. The number of halogens is 1. The zero-order chi connectivity index (χ0) is 30.0. The molecule has 2 amide bonds. The summed E-state index contributed by atoms with van der Waals surface area (Å²) in [5.74, 6) is -0.800. The number of hydrogen-bond donors (Lipinski definition) is 2. The van der Waals surface area contributed by atoms with Crippen molar-refractivity contribution in [3.63, 3.8) is 0 Å². The molecule has 10 heteroatoms. The first-order valence-corrected chi connectivity index (χ1v) is 15.5. The van der Waals surface area contributed by atoms with Crippen LogP contribution in [0, 0.1) is 5.82 Å². The Bertz CT molecular complexity index is 1480. The SMILES string of the molecule is C[C@H](C(=O)NCCC1=CCCCC1)N(Cc1ccccc1)C(=O)COc1ccc(S(=O)(=O)Nc2ccc(F)cc2)cc1. The third-order valence-corrected chi connectivity index (χ3v) is 8.48. The molecule has 1 aliphatic rings. The number of nitrogens with zero attached hydrogens (tertiary/aromatic N) is 1. The van der Waals surface area contributed by atoms with Crippen LogP contribution >= 0.6 is 0 Å². The number of carbonyl (C=O) groups is 2. The van der Waals surface area contributed by atoms with Crippen molar-refractivity contribution in [3.05, 3.63) is 102 Å². The molecular formula is C32H36FN3O5S. The summed E-state index contributed by atoms with van der Waals surface area (Å²) in [5.41, 5.74) is 2.47. The molecule has 0 unspecified atom stereocenters. The predicted octanol–water partition coefficient (Wildman–Crippen LogP) is 5.43. The van der Waals surface area contributed by atoms with Gasteiger partial charge >= 0.3 is 0 Å². The molecule has 4 rings (SSSR count). The van der Waals surface area contributed by atoms with Gasteiger partial charge in [0.05, 0.1) is 4.90 Å². The highest BCUT2D eigenvalue weighted by molar-refractivity contribution is 7.92. The number of ether oxygens (including phenoxy) is 1. The van der Waals surface area contributed by atoms with E-state index in [0.717, 1.165) is 37.0 Å². The quantitative estimate of drug-likeness (QED) is 0.257. The fraction of sp³-hybridized carbons (Fsp3) is 0.312. The Kier molecular flexibility index (Phi) is 10.7. The number of hydrogen-bond acceptors (Lipinski definition) is 5. The van der Waals surface area contributed by atoms with Crippen molar-refractivity contribution in [1.82, 2.24) is 10.2 Å². The molecule has 0 heterocycles. The van der Waals surface area contributed by atoms with Crippen LogP contribution in [-0.2, 0) is 26.2 Å². The normalized spacial score (nSPS) is 13.9. The first-order valence-electron chi connectivity index (χ1n) is 14.0. The van der Waals surface area contributed by atoms with E-state index in [1.54, 1.807) is 6.92 Å². The summed E-state index contributed by atoms with van der Waals surface area (Å²) in [6, 6.07) is 19.3. The van der Waals surface area contributed by atoms with Gasteiger partial charge in [-0.3, -0.25) is 14.3 Å². The van der Waals surface area contributed by atoms with Crippen molar-refractivity contribution in [1.29, 1.82) is 0 Å². The molecular weight excluding hydrogens is 557 g/mol. The minimum Gasteiger partial charge on any atom is -0.484 e. The van der Waals surface area contributed by atoms with Crippen LogP contribution < -0.4 is 14.8 Å². The molecule has 0 saturated carbocycles. The number of rotatable bonds is 13. The molecule has 0 bridgehead atoms. The highest BCUT2D eigenvalue weighted by Gasteiger charge is 2.26. The van der Waals surface area contributed by atoms with Crippen molar-refractivity contribution in [3.8, 4) is 5.75 Å². The van der Waals surface area contributed by atoms with Crippen molar-refractivity contribution >= 4 is 27.5 Å². The van der Waals surface area contributed by atoms with Gasteiger partial charge in [-0.15, -0.1) is 0 Å². The number of nitrogens with one attached hydrogen (secondary N) is 2. The number of allylic oxidation sites excluding steroid dienone is 1. The monoisotopic (exact) mass is 593 g/mol. The number of amides is 2. The van der Waals surface area contributed by atoms with E-state index in [4.69, 9.17) is 4.74 Å². The van der Waals surface area contributed by atoms with Gasteiger partial charge in [0, 0.05) is 18.8 Å².